The van der Waals surface area contributed by atoms with Crippen LogP contribution in [-0.2, 0) is 0 Å². The van der Waals surface area contributed by atoms with Gasteiger partial charge in [0.1, 0.15) is 0 Å². The van der Waals surface area contributed by atoms with E-state index in [-0.39, 0.29) is 17.2 Å². The van der Waals surface area contributed by atoms with Crippen molar-refractivity contribution < 1.29 is 29.2 Å². The molecular formula is C18H20O6. The first-order valence-electron chi connectivity index (χ1n) is 7.12. The van der Waals surface area contributed by atoms with Gasteiger partial charge in [0.05, 0.1) is 28.4 Å². The molecule has 24 heavy (non-hydrogen) atoms. The molecule has 0 unspecified atom stereocenters. The molecule has 0 amide bonds. The van der Waals surface area contributed by atoms with Crippen LogP contribution >= 0.6 is 0 Å². The van der Waals surface area contributed by atoms with Gasteiger partial charge in [-0.3, -0.25) is 0 Å². The lowest BCUT2D eigenvalue weighted by Gasteiger charge is -2.12. The first kappa shape index (κ1) is 17.3. The van der Waals surface area contributed by atoms with Crippen LogP contribution in [0, 0.1) is 0 Å². The predicted molar refractivity (Wildman–Crippen MR) is 91.3 cm³/mol. The molecule has 0 atom stereocenters. The van der Waals surface area contributed by atoms with Crippen LogP contribution in [-0.4, -0.2) is 38.7 Å². The van der Waals surface area contributed by atoms with Crippen molar-refractivity contribution in [1.82, 2.24) is 0 Å². The molecule has 0 bridgehead atoms. The second-order valence-corrected chi connectivity index (χ2v) is 4.88. The maximum atomic E-state index is 9.83. The zero-order valence-corrected chi connectivity index (χ0v) is 14.0. The summed E-state index contributed by atoms with van der Waals surface area (Å²) in [5.41, 5.74) is 1.42. The fourth-order valence-corrected chi connectivity index (χ4v) is 2.32. The number of aromatic hydroxyl groups is 2. The molecule has 2 aromatic rings. The van der Waals surface area contributed by atoms with Gasteiger partial charge in [0.2, 0.25) is 11.5 Å². The summed E-state index contributed by atoms with van der Waals surface area (Å²) >= 11 is 0. The van der Waals surface area contributed by atoms with Crippen molar-refractivity contribution in [2.24, 2.45) is 0 Å². The van der Waals surface area contributed by atoms with Crippen LogP contribution in [0.1, 0.15) is 11.1 Å². The van der Waals surface area contributed by atoms with Gasteiger partial charge in [-0.1, -0.05) is 12.2 Å². The average molecular weight is 332 g/mol. The molecule has 128 valence electrons. The molecule has 0 aliphatic rings. The summed E-state index contributed by atoms with van der Waals surface area (Å²) in [6, 6.07) is 6.57. The molecule has 0 aliphatic carbocycles. The molecular weight excluding hydrogens is 312 g/mol. The maximum absolute atomic E-state index is 9.83. The van der Waals surface area contributed by atoms with E-state index in [1.807, 2.05) is 0 Å². The number of hydrogen-bond acceptors (Lipinski definition) is 6. The lowest BCUT2D eigenvalue weighted by atomic mass is 10.1. The lowest BCUT2D eigenvalue weighted by Crippen LogP contribution is -1.95. The van der Waals surface area contributed by atoms with Gasteiger partial charge in [-0.2, -0.15) is 0 Å². The highest BCUT2D eigenvalue weighted by Crippen LogP contribution is 2.39. The van der Waals surface area contributed by atoms with Gasteiger partial charge in [0.15, 0.2) is 23.0 Å². The van der Waals surface area contributed by atoms with E-state index < -0.39 is 0 Å². The zero-order valence-electron chi connectivity index (χ0n) is 14.0. The molecule has 2 rings (SSSR count). The van der Waals surface area contributed by atoms with Gasteiger partial charge >= 0.3 is 0 Å². The molecule has 0 aliphatic heterocycles. The molecule has 2 N–H and O–H groups in total. The topological polar surface area (TPSA) is 77.4 Å². The summed E-state index contributed by atoms with van der Waals surface area (Å²) in [5.74, 6) is 1.36. The van der Waals surface area contributed by atoms with Gasteiger partial charge in [-0.05, 0) is 35.4 Å². The Balaban J connectivity index is 2.39. The number of rotatable bonds is 6. The maximum Gasteiger partial charge on any atom is 0.203 e. The van der Waals surface area contributed by atoms with Gasteiger partial charge < -0.3 is 29.2 Å². The fourth-order valence-electron chi connectivity index (χ4n) is 2.32. The van der Waals surface area contributed by atoms with E-state index in [2.05, 4.69) is 0 Å². The highest BCUT2D eigenvalue weighted by atomic mass is 16.5. The zero-order chi connectivity index (χ0) is 17.7. The minimum Gasteiger partial charge on any atom is -0.504 e. The molecule has 6 nitrogen and oxygen atoms in total. The molecule has 0 heterocycles. The monoisotopic (exact) mass is 332 g/mol. The van der Waals surface area contributed by atoms with Gasteiger partial charge in [0.25, 0.3) is 0 Å². The van der Waals surface area contributed by atoms with E-state index in [1.54, 1.807) is 45.6 Å². The largest absolute Gasteiger partial charge is 0.504 e. The summed E-state index contributed by atoms with van der Waals surface area (Å²) in [5, 5.41) is 19.7. The van der Waals surface area contributed by atoms with Crippen LogP contribution in [0.3, 0.4) is 0 Å². The Morgan fingerprint density at radius 2 is 1.04 bits per heavy atom. The Hall–Kier alpha value is -3.02. The third-order valence-electron chi connectivity index (χ3n) is 3.43. The van der Waals surface area contributed by atoms with Crippen molar-refractivity contribution in [3.63, 3.8) is 0 Å². The molecule has 0 saturated carbocycles. The lowest BCUT2D eigenvalue weighted by molar-refractivity contribution is 0.324. The van der Waals surface area contributed by atoms with E-state index >= 15 is 0 Å². The van der Waals surface area contributed by atoms with E-state index in [1.165, 1.54) is 19.2 Å². The molecule has 0 spiro atoms. The van der Waals surface area contributed by atoms with Crippen molar-refractivity contribution in [1.29, 1.82) is 0 Å². The molecule has 0 fully saturated rings. The number of phenolic OH excluding ortho intramolecular Hbond substituents is 2. The highest BCUT2D eigenvalue weighted by Gasteiger charge is 2.12. The SMILES string of the molecule is COc1cc(C=Cc2cc(O)c(OC)c(O)c2)cc(OC)c1OC. The summed E-state index contributed by atoms with van der Waals surface area (Å²) in [7, 11) is 6.01. The van der Waals surface area contributed by atoms with Crippen molar-refractivity contribution in [2.75, 3.05) is 28.4 Å². The van der Waals surface area contributed by atoms with Crippen LogP contribution in [0.2, 0.25) is 0 Å². The smallest absolute Gasteiger partial charge is 0.203 e. The number of benzene rings is 2. The van der Waals surface area contributed by atoms with Gasteiger partial charge in [0, 0.05) is 0 Å². The fraction of sp³-hybridized carbons (Fsp3) is 0.222. The number of hydrogen-bond donors (Lipinski definition) is 2. The van der Waals surface area contributed by atoms with E-state index in [9.17, 15) is 10.2 Å². The molecule has 0 radical (unpaired) electrons. The molecule has 0 aromatic heterocycles. The highest BCUT2D eigenvalue weighted by molar-refractivity contribution is 5.74. The summed E-state index contributed by atoms with van der Waals surface area (Å²) < 4.78 is 20.8. The Labute approximate surface area is 140 Å². The van der Waals surface area contributed by atoms with Crippen LogP contribution in [0.5, 0.6) is 34.5 Å². The minimum atomic E-state index is -0.137. The van der Waals surface area contributed by atoms with Crippen molar-refractivity contribution in [3.8, 4) is 34.5 Å². The molecule has 2 aromatic carbocycles. The Morgan fingerprint density at radius 3 is 1.42 bits per heavy atom. The van der Waals surface area contributed by atoms with E-state index in [0.717, 1.165) is 5.56 Å². The Kier molecular flexibility index (Phi) is 5.42. The number of ether oxygens (including phenoxy) is 4. The first-order valence-corrected chi connectivity index (χ1v) is 7.12. The summed E-state index contributed by atoms with van der Waals surface area (Å²) in [4.78, 5) is 0. The van der Waals surface area contributed by atoms with E-state index in [0.29, 0.717) is 22.8 Å². The van der Waals surface area contributed by atoms with Gasteiger partial charge in [-0.15, -0.1) is 0 Å². The number of phenols is 2. The van der Waals surface area contributed by atoms with Crippen molar-refractivity contribution in [3.05, 3.63) is 35.4 Å². The summed E-state index contributed by atoms with van der Waals surface area (Å²) in [6.07, 6.45) is 3.53. The van der Waals surface area contributed by atoms with Crippen molar-refractivity contribution in [2.45, 2.75) is 0 Å². The molecule has 6 heteroatoms. The normalized spacial score (nSPS) is 10.7. The first-order chi connectivity index (χ1) is 11.5. The van der Waals surface area contributed by atoms with Crippen LogP contribution in [0.15, 0.2) is 24.3 Å². The predicted octanol–water partition coefficient (Wildman–Crippen LogP) is 3.30. The molecule has 0 saturated heterocycles. The second-order valence-electron chi connectivity index (χ2n) is 4.88. The van der Waals surface area contributed by atoms with Crippen LogP contribution in [0.25, 0.3) is 12.2 Å². The third-order valence-corrected chi connectivity index (χ3v) is 3.43. The third kappa shape index (κ3) is 3.48. The van der Waals surface area contributed by atoms with E-state index in [4.69, 9.17) is 18.9 Å². The Morgan fingerprint density at radius 1 is 0.625 bits per heavy atom. The Bertz CT molecular complexity index is 703. The number of methoxy groups -OCH3 is 4. The summed E-state index contributed by atoms with van der Waals surface area (Å²) in [6.45, 7) is 0. The second kappa shape index (κ2) is 7.50. The van der Waals surface area contributed by atoms with Crippen LogP contribution in [0.4, 0.5) is 0 Å². The average Bonchev–Trinajstić information content (AvgIpc) is 2.58. The quantitative estimate of drug-likeness (QED) is 0.790. The van der Waals surface area contributed by atoms with Crippen LogP contribution < -0.4 is 18.9 Å². The minimum absolute atomic E-state index is 0.0416. The standard InChI is InChI=1S/C18H20O6/c1-21-15-9-12(10-16(22-2)18(15)24-4)6-5-11-7-13(19)17(23-3)14(20)8-11/h5-10,19-20H,1-4H3. The van der Waals surface area contributed by atoms with Gasteiger partial charge in [-0.25, -0.2) is 0 Å². The van der Waals surface area contributed by atoms with Crippen molar-refractivity contribution >= 4 is 12.2 Å².